The summed E-state index contributed by atoms with van der Waals surface area (Å²) in [5, 5.41) is 2.92. The van der Waals surface area contributed by atoms with Crippen molar-refractivity contribution in [2.24, 2.45) is 10.7 Å². The fourth-order valence-electron chi connectivity index (χ4n) is 2.88. The number of hydrogen-bond acceptors (Lipinski definition) is 6. The number of allylic oxidation sites excluding steroid dienone is 2. The Morgan fingerprint density at radius 3 is 2.31 bits per heavy atom. The van der Waals surface area contributed by atoms with E-state index in [0.29, 0.717) is 42.2 Å². The first kappa shape index (κ1) is 27.1. The molecular weight excluding hydrogens is 406 g/mol. The van der Waals surface area contributed by atoms with E-state index < -0.39 is 0 Å². The molecule has 0 saturated carbocycles. The molecular formula is C25H37N3O4. The Balaban J connectivity index is 3.32. The number of aliphatic imine (C=N–C) groups is 1. The average Bonchev–Trinajstić information content (AvgIpc) is 2.73. The smallest absolute Gasteiger partial charge is 0.259 e. The molecule has 0 aliphatic rings. The zero-order valence-electron chi connectivity index (χ0n) is 20.4. The van der Waals surface area contributed by atoms with Gasteiger partial charge in [-0.05, 0) is 57.9 Å². The lowest BCUT2D eigenvalue weighted by molar-refractivity contribution is -0.112. The Kier molecular flexibility index (Phi) is 10.9. The van der Waals surface area contributed by atoms with Gasteiger partial charge in [-0.2, -0.15) is 0 Å². The van der Waals surface area contributed by atoms with E-state index in [9.17, 15) is 4.79 Å². The van der Waals surface area contributed by atoms with E-state index in [1.807, 2.05) is 38.1 Å². The second-order valence-electron chi connectivity index (χ2n) is 8.01. The number of methoxy groups -OCH3 is 2. The van der Waals surface area contributed by atoms with Crippen molar-refractivity contribution >= 4 is 17.8 Å². The summed E-state index contributed by atoms with van der Waals surface area (Å²) in [4.78, 5) is 17.5. The standard InChI is InChI=1S/C25H37N3O4/c1-9-27-23(26)21(17(2)3)22(18(4)32-15-14-25(5,6)31-8)24(29)28-20-12-10-19(11-13-20)16-30-7/h9-13H,2,14-16,26H2,1,3-8H3,(H,28,29)/b22-18-,23-21+,27-9-. The molecule has 0 bridgehead atoms. The summed E-state index contributed by atoms with van der Waals surface area (Å²) in [7, 11) is 3.29. The molecule has 0 unspecified atom stereocenters. The van der Waals surface area contributed by atoms with Gasteiger partial charge in [0.2, 0.25) is 0 Å². The number of nitrogens with two attached hydrogens (primary N) is 1. The number of nitrogens with zero attached hydrogens (tertiary/aromatic N) is 1. The number of hydrogen-bond donors (Lipinski definition) is 2. The SMILES string of the molecule is C=C(C)C(/C(C(=O)Nc1ccc(COC)cc1)=C(\C)OCCC(C)(C)OC)=C(N)\N=C/C. The number of carbonyl (C=O) groups excluding carboxylic acids is 1. The largest absolute Gasteiger partial charge is 0.497 e. The summed E-state index contributed by atoms with van der Waals surface area (Å²) >= 11 is 0. The Bertz CT molecular complexity index is 881. The van der Waals surface area contributed by atoms with Crippen molar-refractivity contribution in [3.63, 3.8) is 0 Å². The molecule has 1 rings (SSSR count). The van der Waals surface area contributed by atoms with Crippen molar-refractivity contribution in [1.29, 1.82) is 0 Å². The number of rotatable bonds is 12. The molecule has 0 radical (unpaired) electrons. The molecule has 1 amide bonds. The van der Waals surface area contributed by atoms with Gasteiger partial charge in [0.05, 0.1) is 24.4 Å². The van der Waals surface area contributed by atoms with Crippen LogP contribution in [-0.2, 0) is 25.6 Å². The molecule has 0 saturated heterocycles. The zero-order valence-corrected chi connectivity index (χ0v) is 20.4. The van der Waals surface area contributed by atoms with Crippen molar-refractivity contribution in [2.45, 2.75) is 53.2 Å². The second-order valence-corrected chi connectivity index (χ2v) is 8.01. The molecule has 1 aromatic rings. The van der Waals surface area contributed by atoms with Gasteiger partial charge in [0.15, 0.2) is 0 Å². The van der Waals surface area contributed by atoms with Crippen molar-refractivity contribution in [2.75, 3.05) is 26.1 Å². The van der Waals surface area contributed by atoms with Crippen LogP contribution in [0.5, 0.6) is 0 Å². The second kappa shape index (κ2) is 12.8. The minimum atomic E-state index is -0.361. The number of nitrogens with one attached hydrogen (secondary N) is 1. The van der Waals surface area contributed by atoms with Crippen molar-refractivity contribution in [3.8, 4) is 0 Å². The minimum Gasteiger partial charge on any atom is -0.497 e. The first-order valence-electron chi connectivity index (χ1n) is 10.5. The Labute approximate surface area is 192 Å². The Morgan fingerprint density at radius 2 is 1.81 bits per heavy atom. The van der Waals surface area contributed by atoms with Crippen LogP contribution < -0.4 is 11.1 Å². The summed E-state index contributed by atoms with van der Waals surface area (Å²) in [6.07, 6.45) is 2.21. The molecule has 0 heterocycles. The molecule has 3 N–H and O–H groups in total. The van der Waals surface area contributed by atoms with Crippen LogP contribution in [0.25, 0.3) is 0 Å². The van der Waals surface area contributed by atoms with Crippen molar-refractivity contribution in [1.82, 2.24) is 0 Å². The Hall–Kier alpha value is -2.90. The quantitative estimate of drug-likeness (QED) is 0.211. The molecule has 7 nitrogen and oxygen atoms in total. The fourth-order valence-corrected chi connectivity index (χ4v) is 2.88. The van der Waals surface area contributed by atoms with E-state index in [2.05, 4.69) is 16.9 Å². The summed E-state index contributed by atoms with van der Waals surface area (Å²) in [6.45, 7) is 14.1. The van der Waals surface area contributed by atoms with Gasteiger partial charge in [0.25, 0.3) is 5.91 Å². The molecule has 0 atom stereocenters. The highest BCUT2D eigenvalue weighted by Gasteiger charge is 2.24. The van der Waals surface area contributed by atoms with Gasteiger partial charge in [-0.3, -0.25) is 4.79 Å². The summed E-state index contributed by atoms with van der Waals surface area (Å²) in [5.74, 6) is 0.263. The van der Waals surface area contributed by atoms with Crippen LogP contribution in [0.15, 0.2) is 64.1 Å². The molecule has 1 aromatic carbocycles. The molecule has 32 heavy (non-hydrogen) atoms. The molecule has 0 aromatic heterocycles. The third kappa shape index (κ3) is 8.32. The van der Waals surface area contributed by atoms with Gasteiger partial charge in [0.1, 0.15) is 11.6 Å². The maximum atomic E-state index is 13.4. The van der Waals surface area contributed by atoms with Crippen LogP contribution in [0.4, 0.5) is 5.69 Å². The van der Waals surface area contributed by atoms with Gasteiger partial charge >= 0.3 is 0 Å². The van der Waals surface area contributed by atoms with Crippen molar-refractivity contribution in [3.05, 3.63) is 64.7 Å². The van der Waals surface area contributed by atoms with E-state index in [-0.39, 0.29) is 22.9 Å². The third-order valence-electron chi connectivity index (χ3n) is 4.88. The minimum absolute atomic E-state index is 0.195. The molecule has 0 aliphatic carbocycles. The highest BCUT2D eigenvalue weighted by molar-refractivity contribution is 6.08. The lowest BCUT2D eigenvalue weighted by Gasteiger charge is -2.23. The van der Waals surface area contributed by atoms with Gasteiger partial charge in [-0.15, -0.1) is 0 Å². The molecule has 0 spiro atoms. The molecule has 0 aliphatic heterocycles. The number of anilines is 1. The van der Waals surface area contributed by atoms with Crippen LogP contribution >= 0.6 is 0 Å². The first-order valence-corrected chi connectivity index (χ1v) is 10.5. The van der Waals surface area contributed by atoms with E-state index in [4.69, 9.17) is 19.9 Å². The zero-order chi connectivity index (χ0) is 24.3. The first-order chi connectivity index (χ1) is 15.1. The summed E-state index contributed by atoms with van der Waals surface area (Å²) < 4.78 is 16.5. The van der Waals surface area contributed by atoms with E-state index in [1.165, 1.54) is 0 Å². The van der Waals surface area contributed by atoms with Crippen LogP contribution in [-0.4, -0.2) is 38.5 Å². The topological polar surface area (TPSA) is 95.2 Å². The van der Waals surface area contributed by atoms with Crippen LogP contribution in [0.2, 0.25) is 0 Å². The third-order valence-corrected chi connectivity index (χ3v) is 4.88. The lowest BCUT2D eigenvalue weighted by atomic mass is 9.97. The van der Waals surface area contributed by atoms with Gasteiger partial charge in [-0.25, -0.2) is 4.99 Å². The Morgan fingerprint density at radius 1 is 1.19 bits per heavy atom. The summed E-state index contributed by atoms with van der Waals surface area (Å²) in [5.41, 5.74) is 8.83. The van der Waals surface area contributed by atoms with E-state index in [1.54, 1.807) is 41.2 Å². The van der Waals surface area contributed by atoms with Crippen LogP contribution in [0, 0.1) is 0 Å². The number of amides is 1. The monoisotopic (exact) mass is 443 g/mol. The molecule has 7 heteroatoms. The predicted octanol–water partition coefficient (Wildman–Crippen LogP) is 4.71. The van der Waals surface area contributed by atoms with Gasteiger partial charge in [-0.1, -0.05) is 18.7 Å². The average molecular weight is 444 g/mol. The normalized spacial score (nSPS) is 13.5. The van der Waals surface area contributed by atoms with Gasteiger partial charge in [0, 0.05) is 38.1 Å². The van der Waals surface area contributed by atoms with Crippen molar-refractivity contribution < 1.29 is 19.0 Å². The highest BCUT2D eigenvalue weighted by Crippen LogP contribution is 2.27. The molecule has 176 valence electrons. The number of benzene rings is 1. The van der Waals surface area contributed by atoms with Gasteiger partial charge < -0.3 is 25.3 Å². The lowest BCUT2D eigenvalue weighted by Crippen LogP contribution is -2.25. The highest BCUT2D eigenvalue weighted by atomic mass is 16.5. The van der Waals surface area contributed by atoms with Crippen LogP contribution in [0.1, 0.15) is 46.6 Å². The maximum absolute atomic E-state index is 13.4. The predicted molar refractivity (Wildman–Crippen MR) is 130 cm³/mol. The number of ether oxygens (including phenoxy) is 3. The fraction of sp³-hybridized carbons (Fsp3) is 0.440. The number of carbonyl (C=O) groups is 1. The summed E-state index contributed by atoms with van der Waals surface area (Å²) in [6, 6.07) is 7.42. The van der Waals surface area contributed by atoms with Crippen LogP contribution in [0.3, 0.4) is 0 Å². The molecule has 0 fully saturated rings. The van der Waals surface area contributed by atoms with E-state index >= 15 is 0 Å². The van der Waals surface area contributed by atoms with E-state index in [0.717, 1.165) is 5.56 Å². The maximum Gasteiger partial charge on any atom is 0.259 e.